The molecule has 0 bridgehead atoms. The minimum absolute atomic E-state index is 0.129. The molecule has 1 atom stereocenters. The van der Waals surface area contributed by atoms with E-state index in [1.807, 2.05) is 27.7 Å². The van der Waals surface area contributed by atoms with Crippen molar-refractivity contribution in [1.82, 2.24) is 19.6 Å². The summed E-state index contributed by atoms with van der Waals surface area (Å²) in [6, 6.07) is 0. The Morgan fingerprint density at radius 2 is 2.23 bits per heavy atom. The number of hydrogen-bond donors (Lipinski definition) is 0. The van der Waals surface area contributed by atoms with Crippen molar-refractivity contribution in [3.63, 3.8) is 0 Å². The third kappa shape index (κ3) is 2.20. The fraction of sp³-hybridized carbons (Fsp3) is 0.600. The maximum atomic E-state index is 12.2. The van der Waals surface area contributed by atoms with Crippen LogP contribution in [-0.2, 0) is 9.53 Å². The Balaban J connectivity index is 1.98. The van der Waals surface area contributed by atoms with E-state index in [4.69, 9.17) is 4.74 Å². The first-order valence-electron chi connectivity index (χ1n) is 7.55. The van der Waals surface area contributed by atoms with E-state index in [2.05, 4.69) is 20.0 Å². The molecule has 2 aromatic rings. The van der Waals surface area contributed by atoms with Crippen molar-refractivity contribution in [2.75, 3.05) is 24.6 Å². The van der Waals surface area contributed by atoms with Gasteiger partial charge in [-0.05, 0) is 34.1 Å². The van der Waals surface area contributed by atoms with E-state index in [1.165, 1.54) is 6.33 Å². The first-order valence-corrected chi connectivity index (χ1v) is 7.55. The number of aromatic nitrogens is 4. The highest BCUT2D eigenvalue weighted by Crippen LogP contribution is 2.35. The molecule has 3 rings (SSSR count). The third-order valence-corrected chi connectivity index (χ3v) is 4.42. The van der Waals surface area contributed by atoms with Crippen molar-refractivity contribution in [1.29, 1.82) is 0 Å². The smallest absolute Gasteiger partial charge is 0.313 e. The predicted octanol–water partition coefficient (Wildman–Crippen LogP) is 1.52. The Kier molecular flexibility index (Phi) is 3.50. The van der Waals surface area contributed by atoms with Gasteiger partial charge in [-0.2, -0.15) is 14.6 Å². The van der Waals surface area contributed by atoms with Gasteiger partial charge < -0.3 is 9.64 Å². The van der Waals surface area contributed by atoms with Gasteiger partial charge in [0.1, 0.15) is 12.1 Å². The molecular formula is C15H21N5O2. The maximum absolute atomic E-state index is 12.2. The number of aryl methyl sites for hydroxylation is 1. The molecule has 0 radical (unpaired) electrons. The van der Waals surface area contributed by atoms with Crippen molar-refractivity contribution >= 4 is 17.6 Å². The van der Waals surface area contributed by atoms with Crippen molar-refractivity contribution in [3.05, 3.63) is 17.6 Å². The van der Waals surface area contributed by atoms with Crippen LogP contribution >= 0.6 is 0 Å². The zero-order valence-electron chi connectivity index (χ0n) is 13.5. The van der Waals surface area contributed by atoms with Gasteiger partial charge >= 0.3 is 5.97 Å². The van der Waals surface area contributed by atoms with Gasteiger partial charge in [-0.25, -0.2) is 4.98 Å². The molecule has 7 heteroatoms. The molecular weight excluding hydrogens is 282 g/mol. The summed E-state index contributed by atoms with van der Waals surface area (Å²) in [4.78, 5) is 23.0. The molecule has 3 heterocycles. The highest BCUT2D eigenvalue weighted by Gasteiger charge is 2.42. The fourth-order valence-electron chi connectivity index (χ4n) is 3.00. The van der Waals surface area contributed by atoms with Gasteiger partial charge in [0.15, 0.2) is 0 Å². The lowest BCUT2D eigenvalue weighted by molar-refractivity contribution is -0.153. The molecule has 1 fully saturated rings. The van der Waals surface area contributed by atoms with Crippen LogP contribution in [0.2, 0.25) is 0 Å². The summed E-state index contributed by atoms with van der Waals surface area (Å²) in [7, 11) is 0. The number of anilines is 1. The van der Waals surface area contributed by atoms with Crippen LogP contribution in [0.3, 0.4) is 0 Å². The zero-order valence-corrected chi connectivity index (χ0v) is 13.5. The summed E-state index contributed by atoms with van der Waals surface area (Å²) in [5.41, 5.74) is 1.51. The van der Waals surface area contributed by atoms with Crippen LogP contribution in [0, 0.1) is 19.3 Å². The summed E-state index contributed by atoms with van der Waals surface area (Å²) >= 11 is 0. The van der Waals surface area contributed by atoms with Gasteiger partial charge in [0, 0.05) is 24.3 Å². The molecule has 0 N–H and O–H groups in total. The molecule has 1 aliphatic heterocycles. The van der Waals surface area contributed by atoms with Crippen LogP contribution in [0.4, 0.5) is 5.82 Å². The van der Waals surface area contributed by atoms with E-state index in [9.17, 15) is 4.79 Å². The van der Waals surface area contributed by atoms with Crippen LogP contribution in [0.15, 0.2) is 6.33 Å². The summed E-state index contributed by atoms with van der Waals surface area (Å²) < 4.78 is 6.98. The second-order valence-electron chi connectivity index (χ2n) is 6.07. The Morgan fingerprint density at radius 3 is 2.95 bits per heavy atom. The van der Waals surface area contributed by atoms with E-state index < -0.39 is 5.41 Å². The molecule has 1 aliphatic rings. The first kappa shape index (κ1) is 14.7. The number of carbonyl (C=O) groups excluding carboxylic acids is 1. The fourth-order valence-corrected chi connectivity index (χ4v) is 3.00. The van der Waals surface area contributed by atoms with Crippen LogP contribution in [-0.4, -0.2) is 45.2 Å². The highest BCUT2D eigenvalue weighted by molar-refractivity contribution is 5.78. The van der Waals surface area contributed by atoms with Crippen molar-refractivity contribution in [2.45, 2.75) is 34.1 Å². The monoisotopic (exact) mass is 303 g/mol. The quantitative estimate of drug-likeness (QED) is 0.801. The van der Waals surface area contributed by atoms with Crippen LogP contribution in [0.1, 0.15) is 31.5 Å². The Bertz CT molecular complexity index is 726. The van der Waals surface area contributed by atoms with Crippen LogP contribution in [0.25, 0.3) is 5.78 Å². The van der Waals surface area contributed by atoms with E-state index in [0.717, 1.165) is 30.0 Å². The molecule has 0 saturated carbocycles. The number of ether oxygens (including phenoxy) is 1. The second-order valence-corrected chi connectivity index (χ2v) is 6.07. The lowest BCUT2D eigenvalue weighted by Crippen LogP contribution is -2.34. The van der Waals surface area contributed by atoms with Gasteiger partial charge in [-0.3, -0.25) is 4.79 Å². The minimum Gasteiger partial charge on any atom is -0.466 e. The summed E-state index contributed by atoms with van der Waals surface area (Å²) in [5, 5.41) is 4.28. The Labute approximate surface area is 129 Å². The Morgan fingerprint density at radius 1 is 1.45 bits per heavy atom. The largest absolute Gasteiger partial charge is 0.466 e. The van der Waals surface area contributed by atoms with E-state index in [-0.39, 0.29) is 5.97 Å². The van der Waals surface area contributed by atoms with Crippen molar-refractivity contribution in [3.8, 4) is 0 Å². The highest BCUT2D eigenvalue weighted by atomic mass is 16.5. The zero-order chi connectivity index (χ0) is 15.9. The molecule has 0 amide bonds. The number of nitrogens with zero attached hydrogens (tertiary/aromatic N) is 5. The van der Waals surface area contributed by atoms with Crippen molar-refractivity contribution in [2.24, 2.45) is 5.41 Å². The minimum atomic E-state index is -0.480. The summed E-state index contributed by atoms with van der Waals surface area (Å²) in [6.07, 6.45) is 2.27. The topological polar surface area (TPSA) is 72.6 Å². The number of rotatable bonds is 3. The van der Waals surface area contributed by atoms with Gasteiger partial charge in [-0.1, -0.05) is 0 Å². The Hall–Kier alpha value is -2.18. The predicted molar refractivity (Wildman–Crippen MR) is 81.8 cm³/mol. The van der Waals surface area contributed by atoms with E-state index in [0.29, 0.717) is 18.9 Å². The standard InChI is InChI=1S/C15H21N5O2/c1-5-22-13(21)15(4)6-7-19(8-15)12-10(2)11(3)18-14-16-9-17-20(12)14/h9H,5-8H2,1-4H3. The van der Waals surface area contributed by atoms with E-state index >= 15 is 0 Å². The number of fused-ring (bicyclic) bond motifs is 1. The average molecular weight is 303 g/mol. The second kappa shape index (κ2) is 5.23. The molecule has 0 aliphatic carbocycles. The number of hydrogen-bond acceptors (Lipinski definition) is 6. The maximum Gasteiger partial charge on any atom is 0.313 e. The summed E-state index contributed by atoms with van der Waals surface area (Å²) in [6.45, 7) is 9.61. The van der Waals surface area contributed by atoms with Gasteiger partial charge in [-0.15, -0.1) is 0 Å². The van der Waals surface area contributed by atoms with Crippen LogP contribution in [0.5, 0.6) is 0 Å². The SMILES string of the molecule is CCOC(=O)C1(C)CCN(c2c(C)c(C)nc3ncnn23)C1. The lowest BCUT2D eigenvalue weighted by atomic mass is 9.90. The molecule has 1 saturated heterocycles. The average Bonchev–Trinajstić information content (AvgIpc) is 3.08. The molecule has 1 unspecified atom stereocenters. The molecule has 2 aromatic heterocycles. The lowest BCUT2D eigenvalue weighted by Gasteiger charge is -2.25. The van der Waals surface area contributed by atoms with Crippen molar-refractivity contribution < 1.29 is 9.53 Å². The third-order valence-electron chi connectivity index (χ3n) is 4.42. The first-order chi connectivity index (χ1) is 10.5. The van der Waals surface area contributed by atoms with Crippen LogP contribution < -0.4 is 4.90 Å². The summed E-state index contributed by atoms with van der Waals surface area (Å²) in [5.74, 6) is 1.42. The van der Waals surface area contributed by atoms with Gasteiger partial charge in [0.2, 0.25) is 0 Å². The molecule has 0 aromatic carbocycles. The molecule has 0 spiro atoms. The number of carbonyl (C=O) groups is 1. The normalized spacial score (nSPS) is 21.5. The molecule has 22 heavy (non-hydrogen) atoms. The number of esters is 1. The molecule has 118 valence electrons. The van der Waals surface area contributed by atoms with Gasteiger partial charge in [0.25, 0.3) is 5.78 Å². The van der Waals surface area contributed by atoms with Gasteiger partial charge in [0.05, 0.1) is 12.0 Å². The van der Waals surface area contributed by atoms with E-state index in [1.54, 1.807) is 4.52 Å². The molecule has 7 nitrogen and oxygen atoms in total.